The summed E-state index contributed by atoms with van der Waals surface area (Å²) in [4.78, 5) is 8.14. The van der Waals surface area contributed by atoms with Crippen LogP contribution in [0.5, 0.6) is 0 Å². The summed E-state index contributed by atoms with van der Waals surface area (Å²) in [6.07, 6.45) is 1.30. The number of thioether (sulfide) groups is 1. The molecular formula is C11H8ClF2N3S. The molecule has 3 nitrogen and oxygen atoms in total. The van der Waals surface area contributed by atoms with Gasteiger partial charge in [0.05, 0.1) is 5.69 Å². The predicted molar refractivity (Wildman–Crippen MR) is 68.6 cm³/mol. The molecule has 1 N–H and O–H groups in total. The first-order valence-electron chi connectivity index (χ1n) is 4.93. The third kappa shape index (κ3) is 3.54. The third-order valence-electron chi connectivity index (χ3n) is 2.00. The number of alkyl halides is 2. The number of hydrogen-bond donors (Lipinski definition) is 1. The first kappa shape index (κ1) is 13.0. The van der Waals surface area contributed by atoms with Gasteiger partial charge in [0.15, 0.2) is 0 Å². The molecule has 1 aromatic heterocycles. The Bertz CT molecular complexity index is 539. The molecule has 0 spiro atoms. The standard InChI is InChI=1S/C11H8ClF2N3S/c12-9-5-10(16-6-15-9)17-7-3-1-2-4-8(7)18-11(13)14/h1-6,11H,(H,15,16,17). The minimum atomic E-state index is -2.47. The van der Waals surface area contributed by atoms with Crippen LogP contribution >= 0.6 is 23.4 Å². The van der Waals surface area contributed by atoms with Gasteiger partial charge in [-0.25, -0.2) is 9.97 Å². The molecule has 0 bridgehead atoms. The number of para-hydroxylation sites is 1. The number of aromatic nitrogens is 2. The molecule has 0 aliphatic rings. The zero-order chi connectivity index (χ0) is 13.0. The second-order valence-corrected chi connectivity index (χ2v) is 4.64. The van der Waals surface area contributed by atoms with E-state index in [-0.39, 0.29) is 5.15 Å². The quantitative estimate of drug-likeness (QED) is 0.676. The van der Waals surface area contributed by atoms with Gasteiger partial charge in [0, 0.05) is 11.0 Å². The van der Waals surface area contributed by atoms with E-state index >= 15 is 0 Å². The van der Waals surface area contributed by atoms with Crippen molar-refractivity contribution in [1.29, 1.82) is 0 Å². The normalized spacial score (nSPS) is 10.7. The highest BCUT2D eigenvalue weighted by Crippen LogP contribution is 2.33. The summed E-state index contributed by atoms with van der Waals surface area (Å²) in [5, 5.41) is 3.21. The van der Waals surface area contributed by atoms with Crippen molar-refractivity contribution in [2.45, 2.75) is 10.7 Å². The molecule has 0 radical (unpaired) electrons. The van der Waals surface area contributed by atoms with Gasteiger partial charge >= 0.3 is 0 Å². The Hall–Kier alpha value is -1.40. The summed E-state index contributed by atoms with van der Waals surface area (Å²) in [7, 11) is 0. The van der Waals surface area contributed by atoms with Gasteiger partial charge in [-0.3, -0.25) is 0 Å². The summed E-state index contributed by atoms with van der Waals surface area (Å²) in [6.45, 7) is 0. The van der Waals surface area contributed by atoms with E-state index in [2.05, 4.69) is 15.3 Å². The monoisotopic (exact) mass is 287 g/mol. The lowest BCUT2D eigenvalue weighted by Gasteiger charge is -2.10. The van der Waals surface area contributed by atoms with Gasteiger partial charge in [0.2, 0.25) is 0 Å². The van der Waals surface area contributed by atoms with Crippen LogP contribution in [-0.2, 0) is 0 Å². The van der Waals surface area contributed by atoms with E-state index in [1.165, 1.54) is 12.4 Å². The second-order valence-electron chi connectivity index (χ2n) is 3.23. The fraction of sp³-hybridized carbons (Fsp3) is 0.0909. The van der Waals surface area contributed by atoms with Gasteiger partial charge in [-0.05, 0) is 12.1 Å². The van der Waals surface area contributed by atoms with Crippen LogP contribution in [0.4, 0.5) is 20.3 Å². The van der Waals surface area contributed by atoms with E-state index < -0.39 is 5.76 Å². The minimum Gasteiger partial charge on any atom is -0.339 e. The predicted octanol–water partition coefficient (Wildman–Crippen LogP) is 4.19. The number of nitrogens with zero attached hydrogens (tertiary/aromatic N) is 2. The lowest BCUT2D eigenvalue weighted by Crippen LogP contribution is -1.96. The van der Waals surface area contributed by atoms with Crippen LogP contribution in [0.15, 0.2) is 41.6 Å². The highest BCUT2D eigenvalue weighted by atomic mass is 35.5. The largest absolute Gasteiger partial charge is 0.339 e. The summed E-state index contributed by atoms with van der Waals surface area (Å²) >= 11 is 6.20. The average molecular weight is 288 g/mol. The van der Waals surface area contributed by atoms with Crippen LogP contribution in [0.25, 0.3) is 0 Å². The number of halogens is 3. The second kappa shape index (κ2) is 5.97. The lowest BCUT2D eigenvalue weighted by molar-refractivity contribution is 0.252. The molecule has 1 heterocycles. The number of hydrogen-bond acceptors (Lipinski definition) is 4. The van der Waals surface area contributed by atoms with Crippen molar-refractivity contribution in [3.8, 4) is 0 Å². The number of benzene rings is 1. The van der Waals surface area contributed by atoms with Crippen LogP contribution in [-0.4, -0.2) is 15.7 Å². The van der Waals surface area contributed by atoms with Crippen molar-refractivity contribution in [3.05, 3.63) is 41.8 Å². The van der Waals surface area contributed by atoms with Gasteiger partial charge in [0.1, 0.15) is 17.3 Å². The molecule has 0 aliphatic heterocycles. The van der Waals surface area contributed by atoms with Crippen molar-refractivity contribution in [3.63, 3.8) is 0 Å². The van der Waals surface area contributed by atoms with Crippen molar-refractivity contribution < 1.29 is 8.78 Å². The molecule has 7 heteroatoms. The molecular weight excluding hydrogens is 280 g/mol. The van der Waals surface area contributed by atoms with Crippen molar-refractivity contribution >= 4 is 34.9 Å². The Balaban J connectivity index is 2.23. The van der Waals surface area contributed by atoms with Gasteiger partial charge < -0.3 is 5.32 Å². The van der Waals surface area contributed by atoms with Crippen LogP contribution in [0, 0.1) is 0 Å². The van der Waals surface area contributed by atoms with Crippen molar-refractivity contribution in [2.75, 3.05) is 5.32 Å². The van der Waals surface area contributed by atoms with E-state index in [0.717, 1.165) is 0 Å². The molecule has 0 aliphatic carbocycles. The van der Waals surface area contributed by atoms with Crippen molar-refractivity contribution in [2.24, 2.45) is 0 Å². The smallest absolute Gasteiger partial charge is 0.288 e. The maximum absolute atomic E-state index is 12.4. The maximum Gasteiger partial charge on any atom is 0.288 e. The SMILES string of the molecule is FC(F)Sc1ccccc1Nc1cc(Cl)ncn1. The van der Waals surface area contributed by atoms with E-state index in [1.54, 1.807) is 24.3 Å². The average Bonchev–Trinajstić information content (AvgIpc) is 2.31. The Kier molecular flexibility index (Phi) is 4.33. The molecule has 1 aromatic carbocycles. The molecule has 2 rings (SSSR count). The molecule has 2 aromatic rings. The minimum absolute atomic E-state index is 0.284. The Morgan fingerprint density at radius 2 is 2.00 bits per heavy atom. The van der Waals surface area contributed by atoms with Gasteiger partial charge in [-0.1, -0.05) is 35.5 Å². The molecule has 0 unspecified atom stereocenters. The van der Waals surface area contributed by atoms with Crippen LogP contribution in [0.3, 0.4) is 0 Å². The fourth-order valence-electron chi connectivity index (χ4n) is 1.31. The number of nitrogens with one attached hydrogen (secondary N) is 1. The highest BCUT2D eigenvalue weighted by molar-refractivity contribution is 7.99. The molecule has 0 amide bonds. The first-order valence-corrected chi connectivity index (χ1v) is 6.19. The van der Waals surface area contributed by atoms with E-state index in [9.17, 15) is 8.78 Å². The van der Waals surface area contributed by atoms with E-state index in [4.69, 9.17) is 11.6 Å². The van der Waals surface area contributed by atoms with Gasteiger partial charge in [-0.2, -0.15) is 8.78 Å². The lowest BCUT2D eigenvalue weighted by atomic mass is 10.3. The van der Waals surface area contributed by atoms with Gasteiger partial charge in [0.25, 0.3) is 5.76 Å². The molecule has 0 atom stereocenters. The van der Waals surface area contributed by atoms with Crippen LogP contribution in [0.2, 0.25) is 5.15 Å². The summed E-state index contributed by atoms with van der Waals surface area (Å²) in [5.74, 6) is -2.01. The first-order chi connectivity index (χ1) is 8.65. The van der Waals surface area contributed by atoms with Crippen LogP contribution in [0.1, 0.15) is 0 Å². The molecule has 0 fully saturated rings. The van der Waals surface area contributed by atoms with Crippen molar-refractivity contribution in [1.82, 2.24) is 9.97 Å². The zero-order valence-electron chi connectivity index (χ0n) is 8.98. The number of rotatable bonds is 4. The third-order valence-corrected chi connectivity index (χ3v) is 2.99. The van der Waals surface area contributed by atoms with Gasteiger partial charge in [-0.15, -0.1) is 0 Å². The van der Waals surface area contributed by atoms with E-state index in [1.807, 2.05) is 0 Å². The molecule has 0 saturated heterocycles. The summed E-state index contributed by atoms with van der Waals surface area (Å²) < 4.78 is 24.8. The maximum atomic E-state index is 12.4. The topological polar surface area (TPSA) is 37.8 Å². The zero-order valence-corrected chi connectivity index (χ0v) is 10.6. The molecule has 18 heavy (non-hydrogen) atoms. The molecule has 94 valence electrons. The summed E-state index contributed by atoms with van der Waals surface area (Å²) in [6, 6.07) is 8.28. The Morgan fingerprint density at radius 1 is 1.22 bits per heavy atom. The summed E-state index contributed by atoms with van der Waals surface area (Å²) in [5.41, 5.74) is 0.553. The molecule has 0 saturated carbocycles. The van der Waals surface area contributed by atoms with E-state index in [0.29, 0.717) is 28.2 Å². The Labute approximate surface area is 112 Å². The highest BCUT2D eigenvalue weighted by Gasteiger charge is 2.10. The van der Waals surface area contributed by atoms with Crippen LogP contribution < -0.4 is 5.32 Å². The number of anilines is 2. The fourth-order valence-corrected chi connectivity index (χ4v) is 2.05. The Morgan fingerprint density at radius 3 is 2.72 bits per heavy atom.